The monoisotopic (exact) mass is 330 g/mol. The van der Waals surface area contributed by atoms with Crippen LogP contribution in [0.3, 0.4) is 0 Å². The van der Waals surface area contributed by atoms with E-state index in [0.29, 0.717) is 36.9 Å². The summed E-state index contributed by atoms with van der Waals surface area (Å²) in [4.78, 5) is 12.1. The number of aliphatic hydroxyl groups is 1. The molecule has 2 aliphatic heterocycles. The van der Waals surface area contributed by atoms with Gasteiger partial charge in [-0.1, -0.05) is 19.3 Å². The molecule has 4 nitrogen and oxygen atoms in total. The standard InChI is InChI=1S/C17H30N2O2.ClH/c20-16(13-4-2-1-3-5-13)11-18-17(21)10-12-8-14-6-7-15(9-12)19-14;/h12-16,19-20H,1-11H2,(H,18,21);1H. The van der Waals surface area contributed by atoms with E-state index in [-0.39, 0.29) is 24.4 Å². The van der Waals surface area contributed by atoms with Crippen molar-refractivity contribution in [2.24, 2.45) is 11.8 Å². The van der Waals surface area contributed by atoms with Crippen molar-refractivity contribution in [1.82, 2.24) is 10.6 Å². The summed E-state index contributed by atoms with van der Waals surface area (Å²) in [7, 11) is 0. The van der Waals surface area contributed by atoms with Crippen LogP contribution in [0.5, 0.6) is 0 Å². The molecule has 3 rings (SSSR count). The second kappa shape index (κ2) is 8.51. The van der Waals surface area contributed by atoms with E-state index < -0.39 is 0 Å². The fraction of sp³-hybridized carbons (Fsp3) is 0.941. The van der Waals surface area contributed by atoms with Crippen molar-refractivity contribution in [3.8, 4) is 0 Å². The number of nitrogens with one attached hydrogen (secondary N) is 2. The molecule has 3 fully saturated rings. The molecule has 2 saturated heterocycles. The lowest BCUT2D eigenvalue weighted by Gasteiger charge is -2.29. The van der Waals surface area contributed by atoms with Crippen LogP contribution in [0, 0.1) is 11.8 Å². The minimum Gasteiger partial charge on any atom is -0.391 e. The number of rotatable bonds is 5. The van der Waals surface area contributed by atoms with E-state index in [9.17, 15) is 9.90 Å². The number of carbonyl (C=O) groups is 1. The fourth-order valence-electron chi connectivity index (χ4n) is 4.58. The second-order valence-corrected chi connectivity index (χ2v) is 7.45. The molecule has 2 bridgehead atoms. The van der Waals surface area contributed by atoms with Crippen LogP contribution in [0.4, 0.5) is 0 Å². The molecule has 128 valence electrons. The summed E-state index contributed by atoms with van der Waals surface area (Å²) in [5.74, 6) is 1.07. The van der Waals surface area contributed by atoms with Crippen LogP contribution in [0.1, 0.15) is 64.2 Å². The smallest absolute Gasteiger partial charge is 0.220 e. The molecule has 0 aromatic heterocycles. The van der Waals surface area contributed by atoms with Crippen LogP contribution < -0.4 is 10.6 Å². The summed E-state index contributed by atoms with van der Waals surface area (Å²) in [5.41, 5.74) is 0. The molecule has 5 heteroatoms. The van der Waals surface area contributed by atoms with Gasteiger partial charge in [-0.25, -0.2) is 0 Å². The fourth-order valence-corrected chi connectivity index (χ4v) is 4.58. The van der Waals surface area contributed by atoms with Gasteiger partial charge in [0.1, 0.15) is 0 Å². The van der Waals surface area contributed by atoms with Crippen LogP contribution in [-0.2, 0) is 4.79 Å². The molecular weight excluding hydrogens is 300 g/mol. The van der Waals surface area contributed by atoms with E-state index in [2.05, 4.69) is 10.6 Å². The van der Waals surface area contributed by atoms with Gasteiger partial charge in [0.15, 0.2) is 0 Å². The predicted octanol–water partition coefficient (Wildman–Crippen LogP) is 2.39. The van der Waals surface area contributed by atoms with Gasteiger partial charge in [-0.15, -0.1) is 12.4 Å². The minimum atomic E-state index is -0.349. The first-order valence-corrected chi connectivity index (χ1v) is 8.91. The Morgan fingerprint density at radius 3 is 2.36 bits per heavy atom. The van der Waals surface area contributed by atoms with E-state index >= 15 is 0 Å². The Kier molecular flexibility index (Phi) is 6.97. The first kappa shape index (κ1) is 18.0. The van der Waals surface area contributed by atoms with Gasteiger partial charge in [-0.2, -0.15) is 0 Å². The summed E-state index contributed by atoms with van der Waals surface area (Å²) >= 11 is 0. The Balaban J connectivity index is 0.00000176. The zero-order chi connectivity index (χ0) is 14.7. The van der Waals surface area contributed by atoms with Crippen LogP contribution in [0.2, 0.25) is 0 Å². The number of aliphatic hydroxyl groups excluding tert-OH is 1. The van der Waals surface area contributed by atoms with Crippen molar-refractivity contribution in [1.29, 1.82) is 0 Å². The van der Waals surface area contributed by atoms with Gasteiger partial charge in [0.2, 0.25) is 5.91 Å². The highest BCUT2D eigenvalue weighted by Gasteiger charge is 2.34. The number of amides is 1. The van der Waals surface area contributed by atoms with Gasteiger partial charge in [-0.05, 0) is 50.4 Å². The van der Waals surface area contributed by atoms with E-state index in [0.717, 1.165) is 25.7 Å². The Hall–Kier alpha value is -0.320. The Morgan fingerprint density at radius 1 is 1.09 bits per heavy atom. The molecule has 0 aromatic rings. The molecule has 1 amide bonds. The van der Waals surface area contributed by atoms with Crippen LogP contribution in [0.25, 0.3) is 0 Å². The average Bonchev–Trinajstić information content (AvgIpc) is 2.84. The molecule has 3 N–H and O–H groups in total. The van der Waals surface area contributed by atoms with Gasteiger partial charge in [0, 0.05) is 25.0 Å². The normalized spacial score (nSPS) is 33.0. The number of halogens is 1. The minimum absolute atomic E-state index is 0. The Bertz CT molecular complexity index is 349. The van der Waals surface area contributed by atoms with Gasteiger partial charge >= 0.3 is 0 Å². The van der Waals surface area contributed by atoms with Crippen molar-refractivity contribution in [2.75, 3.05) is 6.54 Å². The number of carbonyl (C=O) groups excluding carboxylic acids is 1. The highest BCUT2D eigenvalue weighted by molar-refractivity contribution is 5.85. The molecule has 22 heavy (non-hydrogen) atoms. The van der Waals surface area contributed by atoms with Crippen molar-refractivity contribution < 1.29 is 9.90 Å². The number of hydrogen-bond donors (Lipinski definition) is 3. The maximum absolute atomic E-state index is 12.1. The molecule has 0 aromatic carbocycles. The van der Waals surface area contributed by atoms with Crippen LogP contribution >= 0.6 is 12.4 Å². The van der Waals surface area contributed by atoms with Gasteiger partial charge in [0.25, 0.3) is 0 Å². The highest BCUT2D eigenvalue weighted by Crippen LogP contribution is 2.32. The molecule has 1 saturated carbocycles. The highest BCUT2D eigenvalue weighted by atomic mass is 35.5. The quantitative estimate of drug-likeness (QED) is 0.725. The second-order valence-electron chi connectivity index (χ2n) is 7.45. The lowest BCUT2D eigenvalue weighted by Crippen LogP contribution is -2.41. The van der Waals surface area contributed by atoms with Crippen molar-refractivity contribution >= 4 is 18.3 Å². The number of hydrogen-bond acceptors (Lipinski definition) is 3. The van der Waals surface area contributed by atoms with Crippen molar-refractivity contribution in [2.45, 2.75) is 82.4 Å². The Morgan fingerprint density at radius 2 is 1.73 bits per heavy atom. The first-order chi connectivity index (χ1) is 10.2. The van der Waals surface area contributed by atoms with Gasteiger partial charge in [0.05, 0.1) is 6.10 Å². The number of piperidine rings is 1. The third-order valence-corrected chi connectivity index (χ3v) is 5.75. The largest absolute Gasteiger partial charge is 0.391 e. The van der Waals surface area contributed by atoms with Crippen LogP contribution in [-0.4, -0.2) is 35.7 Å². The lowest BCUT2D eigenvalue weighted by molar-refractivity contribution is -0.123. The third-order valence-electron chi connectivity index (χ3n) is 5.75. The summed E-state index contributed by atoms with van der Waals surface area (Å²) in [5, 5.41) is 16.8. The summed E-state index contributed by atoms with van der Waals surface area (Å²) in [6, 6.07) is 1.30. The molecule has 3 unspecified atom stereocenters. The zero-order valence-corrected chi connectivity index (χ0v) is 14.2. The first-order valence-electron chi connectivity index (χ1n) is 8.91. The lowest BCUT2D eigenvalue weighted by atomic mass is 9.85. The SMILES string of the molecule is Cl.O=C(CC1CC2CCC(C1)N2)NCC(O)C1CCCCC1. The van der Waals surface area contributed by atoms with Gasteiger partial charge in [-0.3, -0.25) is 4.79 Å². The molecule has 3 aliphatic rings. The molecule has 0 spiro atoms. The maximum atomic E-state index is 12.1. The van der Waals surface area contributed by atoms with E-state index in [4.69, 9.17) is 0 Å². The van der Waals surface area contributed by atoms with E-state index in [1.165, 1.54) is 32.1 Å². The van der Waals surface area contributed by atoms with E-state index in [1.807, 2.05) is 0 Å². The zero-order valence-electron chi connectivity index (χ0n) is 13.4. The molecule has 1 aliphatic carbocycles. The molecule has 2 heterocycles. The van der Waals surface area contributed by atoms with Crippen molar-refractivity contribution in [3.05, 3.63) is 0 Å². The van der Waals surface area contributed by atoms with Crippen molar-refractivity contribution in [3.63, 3.8) is 0 Å². The topological polar surface area (TPSA) is 61.4 Å². The Labute approximate surface area is 140 Å². The maximum Gasteiger partial charge on any atom is 0.220 e. The molecule has 3 atom stereocenters. The average molecular weight is 331 g/mol. The van der Waals surface area contributed by atoms with E-state index in [1.54, 1.807) is 0 Å². The molecular formula is C17H31ClN2O2. The predicted molar refractivity (Wildman–Crippen MR) is 90.1 cm³/mol. The third kappa shape index (κ3) is 4.84. The summed E-state index contributed by atoms with van der Waals surface area (Å²) in [6.07, 6.45) is 11.2. The number of fused-ring (bicyclic) bond motifs is 2. The summed E-state index contributed by atoms with van der Waals surface area (Å²) < 4.78 is 0. The molecule has 0 radical (unpaired) electrons. The van der Waals surface area contributed by atoms with Crippen LogP contribution in [0.15, 0.2) is 0 Å². The summed E-state index contributed by atoms with van der Waals surface area (Å²) in [6.45, 7) is 0.446. The van der Waals surface area contributed by atoms with Gasteiger partial charge < -0.3 is 15.7 Å².